The van der Waals surface area contributed by atoms with Crippen LogP contribution in [-0.4, -0.2) is 37.1 Å². The highest BCUT2D eigenvalue weighted by Crippen LogP contribution is 2.40. The predicted octanol–water partition coefficient (Wildman–Crippen LogP) is 1.44. The van der Waals surface area contributed by atoms with Crippen molar-refractivity contribution in [2.75, 3.05) is 14.2 Å². The van der Waals surface area contributed by atoms with Gasteiger partial charge in [-0.2, -0.15) is 0 Å². The molecule has 1 saturated carbocycles. The van der Waals surface area contributed by atoms with E-state index in [4.69, 9.17) is 9.47 Å². The van der Waals surface area contributed by atoms with Gasteiger partial charge in [-0.05, 0) is 26.2 Å². The van der Waals surface area contributed by atoms with Gasteiger partial charge in [-0.15, -0.1) is 0 Å². The first-order chi connectivity index (χ1) is 6.41. The maximum Gasteiger partial charge on any atom is 0.0890 e. The third-order valence-corrected chi connectivity index (χ3v) is 3.36. The van der Waals surface area contributed by atoms with Gasteiger partial charge in [0, 0.05) is 20.1 Å². The van der Waals surface area contributed by atoms with E-state index in [0.29, 0.717) is 5.92 Å². The Kier molecular flexibility index (Phi) is 3.56. The van der Waals surface area contributed by atoms with E-state index in [2.05, 4.69) is 6.92 Å². The fraction of sp³-hybridized carbons (Fsp3) is 1.00. The van der Waals surface area contributed by atoms with E-state index in [9.17, 15) is 5.11 Å². The summed E-state index contributed by atoms with van der Waals surface area (Å²) in [4.78, 5) is 0. The van der Waals surface area contributed by atoms with Gasteiger partial charge in [0.05, 0.1) is 17.8 Å². The molecule has 0 aliphatic heterocycles. The molecule has 0 unspecified atom stereocenters. The van der Waals surface area contributed by atoms with Crippen molar-refractivity contribution in [3.8, 4) is 0 Å². The molecule has 0 aromatic heterocycles. The van der Waals surface area contributed by atoms with Crippen molar-refractivity contribution in [3.63, 3.8) is 0 Å². The van der Waals surface area contributed by atoms with Crippen molar-refractivity contribution < 1.29 is 14.6 Å². The van der Waals surface area contributed by atoms with Crippen LogP contribution in [0, 0.1) is 11.8 Å². The van der Waals surface area contributed by atoms with E-state index in [1.54, 1.807) is 14.2 Å². The van der Waals surface area contributed by atoms with E-state index in [1.807, 2.05) is 13.8 Å². The van der Waals surface area contributed by atoms with Crippen molar-refractivity contribution >= 4 is 0 Å². The van der Waals surface area contributed by atoms with Gasteiger partial charge in [-0.1, -0.05) is 6.92 Å². The van der Waals surface area contributed by atoms with Crippen LogP contribution >= 0.6 is 0 Å². The summed E-state index contributed by atoms with van der Waals surface area (Å²) in [5.74, 6) is 0.605. The smallest absolute Gasteiger partial charge is 0.0890 e. The van der Waals surface area contributed by atoms with Gasteiger partial charge in [0.15, 0.2) is 0 Å². The van der Waals surface area contributed by atoms with Crippen LogP contribution in [0.25, 0.3) is 0 Å². The molecule has 3 nitrogen and oxygen atoms in total. The van der Waals surface area contributed by atoms with E-state index >= 15 is 0 Å². The van der Waals surface area contributed by atoms with Crippen LogP contribution < -0.4 is 0 Å². The molecule has 0 aromatic rings. The van der Waals surface area contributed by atoms with Crippen LogP contribution in [-0.2, 0) is 9.47 Å². The first kappa shape index (κ1) is 12.0. The Morgan fingerprint density at radius 2 is 1.64 bits per heavy atom. The van der Waals surface area contributed by atoms with Crippen molar-refractivity contribution in [3.05, 3.63) is 0 Å². The molecule has 1 rings (SSSR count). The van der Waals surface area contributed by atoms with Crippen molar-refractivity contribution in [2.24, 2.45) is 11.8 Å². The van der Waals surface area contributed by atoms with Crippen molar-refractivity contribution in [2.45, 2.75) is 45.0 Å². The van der Waals surface area contributed by atoms with E-state index < -0.39 is 5.60 Å². The zero-order valence-electron chi connectivity index (χ0n) is 9.78. The van der Waals surface area contributed by atoms with E-state index in [-0.39, 0.29) is 18.1 Å². The molecule has 3 heteroatoms. The molecule has 0 aromatic carbocycles. The fourth-order valence-corrected chi connectivity index (χ4v) is 2.58. The lowest BCUT2D eigenvalue weighted by molar-refractivity contribution is -0.0897. The summed E-state index contributed by atoms with van der Waals surface area (Å²) in [5, 5.41) is 10.0. The number of hydrogen-bond acceptors (Lipinski definition) is 3. The molecule has 14 heavy (non-hydrogen) atoms. The summed E-state index contributed by atoms with van der Waals surface area (Å²) in [5.41, 5.74) is -0.692. The molecular formula is C11H22O3. The number of hydrogen-bond donors (Lipinski definition) is 1. The number of methoxy groups -OCH3 is 2. The molecular weight excluding hydrogens is 180 g/mol. The lowest BCUT2D eigenvalue weighted by Crippen LogP contribution is -2.41. The molecule has 0 spiro atoms. The highest BCUT2D eigenvalue weighted by Gasteiger charge is 2.47. The average Bonchev–Trinajstić information content (AvgIpc) is 2.40. The summed E-state index contributed by atoms with van der Waals surface area (Å²) >= 11 is 0. The van der Waals surface area contributed by atoms with Gasteiger partial charge in [-0.25, -0.2) is 0 Å². The monoisotopic (exact) mass is 202 g/mol. The minimum absolute atomic E-state index is 0.00926. The van der Waals surface area contributed by atoms with Crippen LogP contribution in [0.5, 0.6) is 0 Å². The Morgan fingerprint density at radius 3 is 2.00 bits per heavy atom. The number of rotatable bonds is 3. The Labute approximate surface area is 86.4 Å². The topological polar surface area (TPSA) is 38.7 Å². The van der Waals surface area contributed by atoms with Gasteiger partial charge in [0.2, 0.25) is 0 Å². The molecule has 0 bridgehead atoms. The number of aliphatic hydroxyl groups is 1. The Bertz CT molecular complexity index is 185. The Hall–Kier alpha value is -0.120. The van der Waals surface area contributed by atoms with E-state index in [1.165, 1.54) is 0 Å². The molecule has 1 aliphatic rings. The standard InChI is InChI=1S/C11H22O3/c1-7-6-8(11(2,3)12)10(14-5)9(7)13-4/h7-10,12H,6H2,1-5H3/t7-,8+,9+,10-/m1/s1. The molecule has 0 amide bonds. The van der Waals surface area contributed by atoms with Crippen LogP contribution in [0.3, 0.4) is 0 Å². The first-order valence-corrected chi connectivity index (χ1v) is 5.19. The molecule has 1 N–H and O–H groups in total. The highest BCUT2D eigenvalue weighted by molar-refractivity contribution is 4.97. The lowest BCUT2D eigenvalue weighted by atomic mass is 9.87. The fourth-order valence-electron chi connectivity index (χ4n) is 2.58. The largest absolute Gasteiger partial charge is 0.390 e. The van der Waals surface area contributed by atoms with Gasteiger partial charge >= 0.3 is 0 Å². The Balaban J connectivity index is 2.80. The zero-order chi connectivity index (χ0) is 10.9. The summed E-state index contributed by atoms with van der Waals surface area (Å²) in [7, 11) is 3.40. The van der Waals surface area contributed by atoms with Crippen molar-refractivity contribution in [1.29, 1.82) is 0 Å². The third-order valence-electron chi connectivity index (χ3n) is 3.36. The summed E-state index contributed by atoms with van der Waals surface area (Å²) < 4.78 is 10.9. The maximum absolute atomic E-state index is 10.0. The van der Waals surface area contributed by atoms with Gasteiger partial charge in [-0.3, -0.25) is 0 Å². The van der Waals surface area contributed by atoms with Crippen molar-refractivity contribution in [1.82, 2.24) is 0 Å². The van der Waals surface area contributed by atoms with Crippen LogP contribution in [0.4, 0.5) is 0 Å². The minimum Gasteiger partial charge on any atom is -0.390 e. The van der Waals surface area contributed by atoms with Crippen LogP contribution in [0.2, 0.25) is 0 Å². The first-order valence-electron chi connectivity index (χ1n) is 5.19. The molecule has 1 fully saturated rings. The lowest BCUT2D eigenvalue weighted by Gasteiger charge is -2.31. The molecule has 0 heterocycles. The zero-order valence-corrected chi connectivity index (χ0v) is 9.78. The highest BCUT2D eigenvalue weighted by atomic mass is 16.5. The minimum atomic E-state index is -0.692. The Morgan fingerprint density at radius 1 is 1.14 bits per heavy atom. The number of ether oxygens (including phenoxy) is 2. The van der Waals surface area contributed by atoms with Crippen LogP contribution in [0.1, 0.15) is 27.2 Å². The second-order valence-corrected chi connectivity index (χ2v) is 4.87. The summed E-state index contributed by atoms with van der Waals surface area (Å²) in [6.07, 6.45) is 1.08. The van der Waals surface area contributed by atoms with Gasteiger partial charge in [0.25, 0.3) is 0 Å². The predicted molar refractivity (Wildman–Crippen MR) is 55.2 cm³/mol. The second kappa shape index (κ2) is 4.17. The molecule has 0 radical (unpaired) electrons. The molecule has 1 aliphatic carbocycles. The second-order valence-electron chi connectivity index (χ2n) is 4.87. The normalized spacial score (nSPS) is 39.0. The van der Waals surface area contributed by atoms with Gasteiger partial charge < -0.3 is 14.6 Å². The summed E-state index contributed by atoms with van der Waals surface area (Å²) in [6.45, 7) is 5.83. The third kappa shape index (κ3) is 2.10. The van der Waals surface area contributed by atoms with Gasteiger partial charge in [0.1, 0.15) is 0 Å². The van der Waals surface area contributed by atoms with Crippen LogP contribution in [0.15, 0.2) is 0 Å². The average molecular weight is 202 g/mol. The molecule has 84 valence electrons. The SMILES string of the molecule is CO[C@@H]1[C@H](OC)[C@@H](C(C)(C)O)C[C@H]1C. The quantitative estimate of drug-likeness (QED) is 0.752. The molecule has 4 atom stereocenters. The maximum atomic E-state index is 10.0. The summed E-state index contributed by atoms with van der Waals surface area (Å²) in [6, 6.07) is 0. The molecule has 0 saturated heterocycles. The van der Waals surface area contributed by atoms with E-state index in [0.717, 1.165) is 6.42 Å².